The van der Waals surface area contributed by atoms with Crippen molar-refractivity contribution in [2.45, 2.75) is 51.7 Å². The van der Waals surface area contributed by atoms with Crippen molar-refractivity contribution < 1.29 is 9.53 Å². The molecule has 1 amide bonds. The Morgan fingerprint density at radius 1 is 1.41 bits per heavy atom. The monoisotopic (exact) mass is 368 g/mol. The van der Waals surface area contributed by atoms with Crippen LogP contribution in [0.2, 0.25) is 0 Å². The third-order valence-electron chi connectivity index (χ3n) is 3.62. The zero-order valence-electron chi connectivity index (χ0n) is 13.6. The molecule has 1 saturated heterocycles. The van der Waals surface area contributed by atoms with Crippen LogP contribution in [-0.4, -0.2) is 35.7 Å². The molecule has 2 rings (SSSR count). The van der Waals surface area contributed by atoms with Crippen molar-refractivity contribution in [3.8, 4) is 0 Å². The first-order valence-electron chi connectivity index (χ1n) is 7.84. The van der Waals surface area contributed by atoms with Gasteiger partial charge in [0.2, 0.25) is 0 Å². The number of carbonyl (C=O) groups excluding carboxylic acids is 1. The summed E-state index contributed by atoms with van der Waals surface area (Å²) in [4.78, 5) is 14.2. The molecule has 0 saturated carbocycles. The first-order valence-corrected chi connectivity index (χ1v) is 8.63. The molecule has 5 heteroatoms. The average Bonchev–Trinajstić information content (AvgIpc) is 2.44. The van der Waals surface area contributed by atoms with Crippen LogP contribution >= 0.6 is 15.9 Å². The Morgan fingerprint density at radius 3 is 2.86 bits per heavy atom. The largest absolute Gasteiger partial charge is 0.444 e. The van der Waals surface area contributed by atoms with E-state index >= 15 is 0 Å². The Hall–Kier alpha value is -1.23. The minimum Gasteiger partial charge on any atom is -0.444 e. The maximum atomic E-state index is 12.4. The Labute approximate surface area is 141 Å². The number of piperidine rings is 1. The number of benzene rings is 1. The van der Waals surface area contributed by atoms with Crippen LogP contribution in [0.15, 0.2) is 28.7 Å². The van der Waals surface area contributed by atoms with Crippen molar-refractivity contribution in [3.63, 3.8) is 0 Å². The molecule has 1 aromatic carbocycles. The van der Waals surface area contributed by atoms with Gasteiger partial charge in [-0.05, 0) is 58.2 Å². The summed E-state index contributed by atoms with van der Waals surface area (Å²) in [5.41, 5.74) is 0.612. The van der Waals surface area contributed by atoms with Gasteiger partial charge in [-0.15, -0.1) is 0 Å². The van der Waals surface area contributed by atoms with Crippen molar-refractivity contribution in [1.82, 2.24) is 4.90 Å². The molecule has 0 unspecified atom stereocenters. The van der Waals surface area contributed by atoms with Gasteiger partial charge in [0.05, 0.1) is 6.04 Å². The van der Waals surface area contributed by atoms with Crippen molar-refractivity contribution >= 4 is 27.7 Å². The zero-order chi connectivity index (χ0) is 16.2. The van der Waals surface area contributed by atoms with E-state index in [1.54, 1.807) is 0 Å². The first-order chi connectivity index (χ1) is 10.3. The van der Waals surface area contributed by atoms with Crippen LogP contribution in [0.4, 0.5) is 10.5 Å². The molecule has 22 heavy (non-hydrogen) atoms. The summed E-state index contributed by atoms with van der Waals surface area (Å²) < 4.78 is 6.58. The summed E-state index contributed by atoms with van der Waals surface area (Å²) >= 11 is 3.47. The Balaban J connectivity index is 1.96. The Kier molecular flexibility index (Phi) is 5.73. The second-order valence-electron chi connectivity index (χ2n) is 6.71. The molecule has 122 valence electrons. The van der Waals surface area contributed by atoms with Crippen LogP contribution < -0.4 is 5.32 Å². The first kappa shape index (κ1) is 17.1. The fourth-order valence-corrected chi connectivity index (χ4v) is 3.01. The summed E-state index contributed by atoms with van der Waals surface area (Å²) in [6.07, 6.45) is 3.02. The van der Waals surface area contributed by atoms with Crippen LogP contribution in [0, 0.1) is 0 Å². The van der Waals surface area contributed by atoms with Gasteiger partial charge in [-0.2, -0.15) is 0 Å². The van der Waals surface area contributed by atoms with Crippen LogP contribution in [-0.2, 0) is 4.74 Å². The molecule has 0 aromatic heterocycles. The van der Waals surface area contributed by atoms with Gasteiger partial charge < -0.3 is 15.0 Å². The highest BCUT2D eigenvalue weighted by Gasteiger charge is 2.30. The standard InChI is InChI=1S/C17H25BrN2O2/c1-17(2,3)22-16(21)20-10-5-4-9-15(20)12-19-14-8-6-7-13(18)11-14/h6-8,11,15,19H,4-5,9-10,12H2,1-3H3/t15-/m1/s1. The molecule has 0 spiro atoms. The van der Waals surface area contributed by atoms with Crippen LogP contribution in [0.3, 0.4) is 0 Å². The van der Waals surface area contributed by atoms with Crippen molar-refractivity contribution in [3.05, 3.63) is 28.7 Å². The molecule has 1 N–H and O–H groups in total. The normalized spacial score (nSPS) is 18.9. The number of nitrogens with zero attached hydrogens (tertiary/aromatic N) is 1. The summed E-state index contributed by atoms with van der Waals surface area (Å²) in [6, 6.07) is 8.26. The predicted octanol–water partition coefficient (Wildman–Crippen LogP) is 4.65. The van der Waals surface area contributed by atoms with E-state index in [0.717, 1.165) is 42.5 Å². The van der Waals surface area contributed by atoms with Gasteiger partial charge in [-0.25, -0.2) is 4.79 Å². The van der Waals surface area contributed by atoms with E-state index in [4.69, 9.17) is 4.74 Å². The quantitative estimate of drug-likeness (QED) is 0.843. The van der Waals surface area contributed by atoms with Gasteiger partial charge >= 0.3 is 6.09 Å². The van der Waals surface area contributed by atoms with Crippen LogP contribution in [0.1, 0.15) is 40.0 Å². The minimum absolute atomic E-state index is 0.183. The van der Waals surface area contributed by atoms with E-state index in [1.165, 1.54) is 0 Å². The molecule has 1 aromatic rings. The third kappa shape index (κ3) is 5.20. The molecule has 4 nitrogen and oxygen atoms in total. The summed E-state index contributed by atoms with van der Waals surface area (Å²) in [5.74, 6) is 0. The number of hydrogen-bond acceptors (Lipinski definition) is 3. The van der Waals surface area contributed by atoms with Gasteiger partial charge in [0, 0.05) is 23.2 Å². The van der Waals surface area contributed by atoms with Crippen LogP contribution in [0.25, 0.3) is 0 Å². The lowest BCUT2D eigenvalue weighted by atomic mass is 10.0. The molecule has 1 aliphatic rings. The number of hydrogen-bond donors (Lipinski definition) is 1. The lowest BCUT2D eigenvalue weighted by Crippen LogP contribution is -2.48. The van der Waals surface area contributed by atoms with Crippen molar-refractivity contribution in [1.29, 1.82) is 0 Å². The molecule has 1 heterocycles. The Morgan fingerprint density at radius 2 is 2.18 bits per heavy atom. The highest BCUT2D eigenvalue weighted by Crippen LogP contribution is 2.22. The highest BCUT2D eigenvalue weighted by molar-refractivity contribution is 9.10. The van der Waals surface area contributed by atoms with E-state index < -0.39 is 5.60 Å². The van der Waals surface area contributed by atoms with E-state index in [9.17, 15) is 4.79 Å². The number of amides is 1. The number of carbonyl (C=O) groups is 1. The van der Waals surface area contributed by atoms with Crippen LogP contribution in [0.5, 0.6) is 0 Å². The predicted molar refractivity (Wildman–Crippen MR) is 93.2 cm³/mol. The molecule has 1 atom stereocenters. The Bertz CT molecular complexity index is 514. The molecule has 1 fully saturated rings. The second-order valence-corrected chi connectivity index (χ2v) is 7.63. The van der Waals surface area contributed by atoms with E-state index in [0.29, 0.717) is 0 Å². The highest BCUT2D eigenvalue weighted by atomic mass is 79.9. The van der Waals surface area contributed by atoms with Gasteiger partial charge in [0.15, 0.2) is 0 Å². The van der Waals surface area contributed by atoms with E-state index in [2.05, 4.69) is 21.2 Å². The third-order valence-corrected chi connectivity index (χ3v) is 4.11. The number of nitrogens with one attached hydrogen (secondary N) is 1. The summed E-state index contributed by atoms with van der Waals surface area (Å²) in [7, 11) is 0. The maximum absolute atomic E-state index is 12.4. The topological polar surface area (TPSA) is 41.6 Å². The molecule has 0 radical (unpaired) electrons. The SMILES string of the molecule is CC(C)(C)OC(=O)N1CCCC[C@@H]1CNc1cccc(Br)c1. The smallest absolute Gasteiger partial charge is 0.410 e. The molecular weight excluding hydrogens is 344 g/mol. The van der Waals surface area contributed by atoms with Crippen molar-refractivity contribution in [2.24, 2.45) is 0 Å². The van der Waals surface area contributed by atoms with Gasteiger partial charge in [-0.1, -0.05) is 22.0 Å². The molecule has 1 aliphatic heterocycles. The number of rotatable bonds is 3. The second kappa shape index (κ2) is 7.36. The molecule has 0 bridgehead atoms. The van der Waals surface area contributed by atoms with Gasteiger partial charge in [0.25, 0.3) is 0 Å². The maximum Gasteiger partial charge on any atom is 0.410 e. The molecular formula is C17H25BrN2O2. The lowest BCUT2D eigenvalue weighted by molar-refractivity contribution is 0.0114. The van der Waals surface area contributed by atoms with E-state index in [1.807, 2.05) is 49.9 Å². The van der Waals surface area contributed by atoms with Gasteiger partial charge in [-0.3, -0.25) is 0 Å². The zero-order valence-corrected chi connectivity index (χ0v) is 15.1. The van der Waals surface area contributed by atoms with Gasteiger partial charge in [0.1, 0.15) is 5.60 Å². The molecule has 0 aliphatic carbocycles. The minimum atomic E-state index is -0.448. The summed E-state index contributed by atoms with van der Waals surface area (Å²) in [5, 5.41) is 3.42. The number of likely N-dealkylation sites (tertiary alicyclic amines) is 1. The van der Waals surface area contributed by atoms with E-state index in [-0.39, 0.29) is 12.1 Å². The number of halogens is 1. The fourth-order valence-electron chi connectivity index (χ4n) is 2.61. The van der Waals surface area contributed by atoms with Crippen molar-refractivity contribution in [2.75, 3.05) is 18.4 Å². The summed E-state index contributed by atoms with van der Waals surface area (Å²) in [6.45, 7) is 7.24. The lowest BCUT2D eigenvalue weighted by Gasteiger charge is -2.37. The number of ether oxygens (including phenoxy) is 1. The average molecular weight is 369 g/mol. The fraction of sp³-hybridized carbons (Fsp3) is 0.588. The number of anilines is 1.